The van der Waals surface area contributed by atoms with Crippen LogP contribution in [-0.2, 0) is 45.4 Å². The van der Waals surface area contributed by atoms with Gasteiger partial charge in [0.05, 0.1) is 23.7 Å². The van der Waals surface area contributed by atoms with Crippen LogP contribution in [0.1, 0.15) is 22.3 Å². The molecule has 6 atom stereocenters. The molecule has 4 aromatic carbocycles. The quantitative estimate of drug-likeness (QED) is 0.290. The van der Waals surface area contributed by atoms with Crippen LogP contribution in [0, 0.1) is 0 Å². The molecule has 1 aliphatic heterocycles. The molecule has 7 heteroatoms. The van der Waals surface area contributed by atoms with Crippen LogP contribution in [0.25, 0.3) is 0 Å². The van der Waals surface area contributed by atoms with Crippen LogP contribution in [0.5, 0.6) is 0 Å². The normalized spacial score (nSPS) is 25.8. The molecule has 2 N–H and O–H groups in total. The second kappa shape index (κ2) is 13.6. The molecule has 1 aliphatic rings. The van der Waals surface area contributed by atoms with Gasteiger partial charge < -0.3 is 19.7 Å². The topological polar surface area (TPSA) is 93.1 Å². The zero-order valence-electron chi connectivity index (χ0n) is 22.8. The smallest absolute Gasteiger partial charge is 0.161 e. The molecule has 6 nitrogen and oxygen atoms in total. The van der Waals surface area contributed by atoms with E-state index in [1.807, 2.05) is 121 Å². The molecule has 1 fully saturated rings. The standard InChI is InChI=1S/C34H36O6S/c35-31-32(36)34(40-24-28-19-11-4-12-20-28)30(22-26-15-7-2-8-16-26)41(37,38)29(21-25-13-5-1-6-14-25)33(31)39-23-27-17-9-3-10-18-27/h1-20,29-36H,21-24H2/t29-,30-,31-,32-,33-,34+/m1/s1. The lowest BCUT2D eigenvalue weighted by molar-refractivity contribution is -0.139. The molecule has 4 aromatic rings. The molecular weight excluding hydrogens is 536 g/mol. The van der Waals surface area contributed by atoms with Crippen LogP contribution in [-0.4, -0.2) is 53.5 Å². The van der Waals surface area contributed by atoms with Crippen molar-refractivity contribution in [3.05, 3.63) is 144 Å². The van der Waals surface area contributed by atoms with Gasteiger partial charge in [0.15, 0.2) is 9.84 Å². The molecule has 214 valence electrons. The predicted molar refractivity (Wildman–Crippen MR) is 159 cm³/mol. The van der Waals surface area contributed by atoms with Crippen LogP contribution < -0.4 is 0 Å². The summed E-state index contributed by atoms with van der Waals surface area (Å²) in [6.45, 7) is 0.184. The highest BCUT2D eigenvalue weighted by atomic mass is 32.2. The van der Waals surface area contributed by atoms with Crippen LogP contribution in [0.4, 0.5) is 0 Å². The van der Waals surface area contributed by atoms with Crippen molar-refractivity contribution in [2.75, 3.05) is 0 Å². The Kier molecular flexibility index (Phi) is 9.64. The summed E-state index contributed by atoms with van der Waals surface area (Å²) in [5.41, 5.74) is 3.29. The number of aliphatic hydroxyl groups excluding tert-OH is 2. The molecule has 41 heavy (non-hydrogen) atoms. The van der Waals surface area contributed by atoms with E-state index in [2.05, 4.69) is 0 Å². The minimum Gasteiger partial charge on any atom is -0.388 e. The lowest BCUT2D eigenvalue weighted by Gasteiger charge is -2.30. The fourth-order valence-corrected chi connectivity index (χ4v) is 8.05. The first-order valence-corrected chi connectivity index (χ1v) is 15.5. The third kappa shape index (κ3) is 7.12. The van der Waals surface area contributed by atoms with E-state index >= 15 is 0 Å². The minimum atomic E-state index is -4.04. The second-order valence-corrected chi connectivity index (χ2v) is 12.9. The Labute approximate surface area is 242 Å². The predicted octanol–water partition coefficient (Wildman–Crippen LogP) is 4.53. The fraction of sp³-hybridized carbons (Fsp3) is 0.294. The Morgan fingerprint density at radius 2 is 0.780 bits per heavy atom. The fourth-order valence-electron chi connectivity index (χ4n) is 5.53. The summed E-state index contributed by atoms with van der Waals surface area (Å²) >= 11 is 0. The summed E-state index contributed by atoms with van der Waals surface area (Å²) < 4.78 is 41.8. The van der Waals surface area contributed by atoms with E-state index in [0.29, 0.717) is 0 Å². The maximum absolute atomic E-state index is 14.7. The maximum atomic E-state index is 14.7. The van der Waals surface area contributed by atoms with Crippen LogP contribution in [0.2, 0.25) is 0 Å². The summed E-state index contributed by atoms with van der Waals surface area (Å²) in [4.78, 5) is 0. The molecule has 0 spiro atoms. The third-order valence-corrected chi connectivity index (χ3v) is 10.3. The van der Waals surface area contributed by atoms with Crippen molar-refractivity contribution in [1.82, 2.24) is 0 Å². The Morgan fingerprint density at radius 3 is 1.10 bits per heavy atom. The van der Waals surface area contributed by atoms with Crippen molar-refractivity contribution < 1.29 is 28.1 Å². The Morgan fingerprint density at radius 1 is 0.488 bits per heavy atom. The monoisotopic (exact) mass is 572 g/mol. The number of hydrogen-bond acceptors (Lipinski definition) is 6. The molecule has 0 aliphatic carbocycles. The molecule has 1 heterocycles. The van der Waals surface area contributed by atoms with E-state index in [-0.39, 0.29) is 26.1 Å². The number of hydrogen-bond donors (Lipinski definition) is 2. The Balaban J connectivity index is 1.55. The largest absolute Gasteiger partial charge is 0.388 e. The molecule has 1 saturated heterocycles. The highest BCUT2D eigenvalue weighted by Crippen LogP contribution is 2.34. The molecular formula is C34H36O6S. The summed E-state index contributed by atoms with van der Waals surface area (Å²) in [6.07, 6.45) is -5.10. The Bertz CT molecular complexity index is 1340. The van der Waals surface area contributed by atoms with Gasteiger partial charge in [-0.25, -0.2) is 8.42 Å². The third-order valence-electron chi connectivity index (χ3n) is 7.73. The van der Waals surface area contributed by atoms with E-state index in [1.54, 1.807) is 0 Å². The summed E-state index contributed by atoms with van der Waals surface area (Å²) in [6, 6.07) is 37.4. The number of benzene rings is 4. The molecule has 0 unspecified atom stereocenters. The van der Waals surface area contributed by atoms with Gasteiger partial charge in [-0.1, -0.05) is 121 Å². The van der Waals surface area contributed by atoms with Gasteiger partial charge in [-0.05, 0) is 35.1 Å². The van der Waals surface area contributed by atoms with Crippen molar-refractivity contribution in [3.8, 4) is 0 Å². The van der Waals surface area contributed by atoms with E-state index in [1.165, 1.54) is 0 Å². The average molecular weight is 573 g/mol. The van der Waals surface area contributed by atoms with E-state index in [9.17, 15) is 18.6 Å². The van der Waals surface area contributed by atoms with Gasteiger partial charge in [0, 0.05) is 0 Å². The van der Waals surface area contributed by atoms with Gasteiger partial charge >= 0.3 is 0 Å². The maximum Gasteiger partial charge on any atom is 0.161 e. The van der Waals surface area contributed by atoms with Crippen molar-refractivity contribution in [1.29, 1.82) is 0 Å². The zero-order valence-corrected chi connectivity index (χ0v) is 23.6. The minimum absolute atomic E-state index is 0.0922. The van der Waals surface area contributed by atoms with Gasteiger partial charge in [0.1, 0.15) is 24.4 Å². The van der Waals surface area contributed by atoms with Crippen molar-refractivity contribution >= 4 is 9.84 Å². The first kappa shape index (κ1) is 29.2. The first-order chi connectivity index (χ1) is 19.9. The highest BCUT2D eigenvalue weighted by Gasteiger charge is 2.54. The Hall–Kier alpha value is -3.33. The van der Waals surface area contributed by atoms with Gasteiger partial charge in [0.2, 0.25) is 0 Å². The molecule has 0 saturated carbocycles. The van der Waals surface area contributed by atoms with Crippen LogP contribution >= 0.6 is 0 Å². The lowest BCUT2D eigenvalue weighted by Crippen LogP contribution is -2.49. The molecule has 0 amide bonds. The molecule has 0 aromatic heterocycles. The average Bonchev–Trinajstić information content (AvgIpc) is 3.06. The van der Waals surface area contributed by atoms with E-state index in [4.69, 9.17) is 9.47 Å². The second-order valence-electron chi connectivity index (χ2n) is 10.5. The first-order valence-electron chi connectivity index (χ1n) is 13.9. The molecule has 0 bridgehead atoms. The number of ether oxygens (including phenoxy) is 2. The number of aliphatic hydroxyl groups is 2. The van der Waals surface area contributed by atoms with Gasteiger partial charge in [0.25, 0.3) is 0 Å². The van der Waals surface area contributed by atoms with Gasteiger partial charge in [-0.3, -0.25) is 0 Å². The lowest BCUT2D eigenvalue weighted by atomic mass is 9.94. The van der Waals surface area contributed by atoms with Crippen molar-refractivity contribution in [2.45, 2.75) is 61.0 Å². The zero-order chi connectivity index (χ0) is 28.7. The highest BCUT2D eigenvalue weighted by molar-refractivity contribution is 7.92. The molecule has 5 rings (SSSR count). The van der Waals surface area contributed by atoms with E-state index < -0.39 is 44.8 Å². The van der Waals surface area contributed by atoms with Crippen LogP contribution in [0.3, 0.4) is 0 Å². The summed E-state index contributed by atoms with van der Waals surface area (Å²) in [5.74, 6) is 0. The van der Waals surface area contributed by atoms with Crippen molar-refractivity contribution in [2.24, 2.45) is 0 Å². The summed E-state index contributed by atoms with van der Waals surface area (Å²) in [7, 11) is -4.04. The van der Waals surface area contributed by atoms with E-state index in [0.717, 1.165) is 22.3 Å². The van der Waals surface area contributed by atoms with Gasteiger partial charge in [-0.2, -0.15) is 0 Å². The summed E-state index contributed by atoms with van der Waals surface area (Å²) in [5, 5.41) is 21.0. The molecule has 0 radical (unpaired) electrons. The van der Waals surface area contributed by atoms with Crippen LogP contribution in [0.15, 0.2) is 121 Å². The number of rotatable bonds is 10. The van der Waals surface area contributed by atoms with Gasteiger partial charge in [-0.15, -0.1) is 0 Å². The SMILES string of the molecule is O=S1(=O)[C@H](Cc2ccccc2)[C@H](OCc2ccccc2)[C@H](O)[C@@H](O)[C@H](OCc2ccccc2)[C@H]1Cc1ccccc1. The van der Waals surface area contributed by atoms with Crippen molar-refractivity contribution in [3.63, 3.8) is 0 Å². The number of sulfone groups is 1.